The van der Waals surface area contributed by atoms with Crippen LogP contribution >= 0.6 is 0 Å². The van der Waals surface area contributed by atoms with Crippen LogP contribution in [0.4, 0.5) is 0 Å². The Morgan fingerprint density at radius 1 is 1.45 bits per heavy atom. The third kappa shape index (κ3) is 3.46. The Morgan fingerprint density at radius 2 is 2.25 bits per heavy atom. The van der Waals surface area contributed by atoms with Gasteiger partial charge in [-0.3, -0.25) is 9.59 Å². The second-order valence-electron chi connectivity index (χ2n) is 5.63. The Morgan fingerprint density at radius 3 is 2.95 bits per heavy atom. The maximum Gasteiger partial charge on any atom is 0.274 e. The molecule has 0 spiro atoms. The molecule has 1 atom stereocenters. The average molecular weight is 277 g/mol. The summed E-state index contributed by atoms with van der Waals surface area (Å²) in [4.78, 5) is 26.0. The molecule has 1 saturated heterocycles. The number of aromatic nitrogens is 2. The lowest BCUT2D eigenvalue weighted by molar-refractivity contribution is 0.0674. The molecule has 0 saturated carbocycles. The van der Waals surface area contributed by atoms with Crippen LogP contribution < -0.4 is 5.56 Å². The van der Waals surface area contributed by atoms with Gasteiger partial charge in [-0.2, -0.15) is 5.10 Å². The summed E-state index contributed by atoms with van der Waals surface area (Å²) in [6.45, 7) is 6.38. The van der Waals surface area contributed by atoms with Crippen LogP contribution in [-0.4, -0.2) is 33.7 Å². The zero-order chi connectivity index (χ0) is 14.5. The van der Waals surface area contributed by atoms with Gasteiger partial charge in [0.25, 0.3) is 11.5 Å². The Hall–Kier alpha value is -1.65. The monoisotopic (exact) mass is 277 g/mol. The first-order valence-corrected chi connectivity index (χ1v) is 7.49. The van der Waals surface area contributed by atoms with Gasteiger partial charge in [-0.05, 0) is 31.2 Å². The minimum Gasteiger partial charge on any atom is -0.337 e. The highest BCUT2D eigenvalue weighted by atomic mass is 16.2. The fraction of sp³-hybridized carbons (Fsp3) is 0.667. The average Bonchev–Trinajstić information content (AvgIpc) is 2.45. The Bertz CT molecular complexity index is 524. The van der Waals surface area contributed by atoms with Gasteiger partial charge < -0.3 is 4.90 Å². The second-order valence-corrected chi connectivity index (χ2v) is 5.63. The summed E-state index contributed by atoms with van der Waals surface area (Å²) >= 11 is 0. The van der Waals surface area contributed by atoms with E-state index in [4.69, 9.17) is 0 Å². The van der Waals surface area contributed by atoms with Crippen LogP contribution in [0, 0.1) is 5.92 Å². The summed E-state index contributed by atoms with van der Waals surface area (Å²) in [6.07, 6.45) is 4.11. The van der Waals surface area contributed by atoms with Gasteiger partial charge in [0.05, 0.1) is 0 Å². The number of nitrogens with zero attached hydrogens (tertiary/aromatic N) is 3. The van der Waals surface area contributed by atoms with Gasteiger partial charge in [-0.15, -0.1) is 0 Å². The molecule has 1 amide bonds. The van der Waals surface area contributed by atoms with Crippen molar-refractivity contribution in [1.29, 1.82) is 0 Å². The standard InChI is InChI=1S/C15H23N3O2/c1-3-4-10-18-14(19)8-7-13(16-18)15(20)17-9-5-6-12(2)11-17/h7-8,12H,3-6,9-11H2,1-2H3. The van der Waals surface area contributed by atoms with Crippen molar-refractivity contribution in [3.05, 3.63) is 28.2 Å². The van der Waals surface area contributed by atoms with Crippen LogP contribution in [0.2, 0.25) is 0 Å². The number of rotatable bonds is 4. The summed E-state index contributed by atoms with van der Waals surface area (Å²) in [5, 5.41) is 4.22. The van der Waals surface area contributed by atoms with Gasteiger partial charge in [0.15, 0.2) is 0 Å². The maximum absolute atomic E-state index is 12.4. The summed E-state index contributed by atoms with van der Waals surface area (Å²) < 4.78 is 1.41. The summed E-state index contributed by atoms with van der Waals surface area (Å²) in [5.74, 6) is 0.487. The zero-order valence-corrected chi connectivity index (χ0v) is 12.3. The van der Waals surface area contributed by atoms with Gasteiger partial charge in [-0.25, -0.2) is 4.68 Å². The first kappa shape index (κ1) is 14.8. The van der Waals surface area contributed by atoms with Crippen molar-refractivity contribution in [2.75, 3.05) is 13.1 Å². The van der Waals surface area contributed by atoms with Crippen molar-refractivity contribution < 1.29 is 4.79 Å². The third-order valence-electron chi connectivity index (χ3n) is 3.75. The fourth-order valence-corrected chi connectivity index (χ4v) is 2.57. The minimum atomic E-state index is -0.137. The van der Waals surface area contributed by atoms with E-state index < -0.39 is 0 Å². The van der Waals surface area contributed by atoms with Crippen molar-refractivity contribution in [2.45, 2.75) is 46.1 Å². The number of hydrogen-bond donors (Lipinski definition) is 0. The number of piperidine rings is 1. The van der Waals surface area contributed by atoms with E-state index >= 15 is 0 Å². The van der Waals surface area contributed by atoms with Gasteiger partial charge in [0.2, 0.25) is 0 Å². The topological polar surface area (TPSA) is 55.2 Å². The molecule has 2 rings (SSSR count). The smallest absolute Gasteiger partial charge is 0.274 e. The molecule has 1 unspecified atom stereocenters. The molecule has 5 heteroatoms. The van der Waals surface area contributed by atoms with Crippen molar-refractivity contribution in [2.24, 2.45) is 5.92 Å². The first-order valence-electron chi connectivity index (χ1n) is 7.49. The van der Waals surface area contributed by atoms with Crippen molar-refractivity contribution >= 4 is 5.91 Å². The molecular formula is C15H23N3O2. The van der Waals surface area contributed by atoms with E-state index in [9.17, 15) is 9.59 Å². The minimum absolute atomic E-state index is 0.0539. The predicted octanol–water partition coefficient (Wildman–Crippen LogP) is 1.92. The number of unbranched alkanes of at least 4 members (excludes halogenated alkanes) is 1. The summed E-state index contributed by atoms with van der Waals surface area (Å²) in [6, 6.07) is 3.00. The van der Waals surface area contributed by atoms with Crippen molar-refractivity contribution in [3.8, 4) is 0 Å². The number of aryl methyl sites for hydroxylation is 1. The molecule has 0 N–H and O–H groups in total. The molecule has 1 aromatic rings. The van der Waals surface area contributed by atoms with Crippen LogP contribution in [-0.2, 0) is 6.54 Å². The zero-order valence-electron chi connectivity index (χ0n) is 12.3. The number of likely N-dealkylation sites (tertiary alicyclic amines) is 1. The fourth-order valence-electron chi connectivity index (χ4n) is 2.57. The molecule has 0 aromatic carbocycles. The molecular weight excluding hydrogens is 254 g/mol. The highest BCUT2D eigenvalue weighted by molar-refractivity contribution is 5.92. The van der Waals surface area contributed by atoms with Crippen LogP contribution in [0.25, 0.3) is 0 Å². The van der Waals surface area contributed by atoms with Gasteiger partial charge in [0.1, 0.15) is 5.69 Å². The number of carbonyl (C=O) groups is 1. The van der Waals surface area contributed by atoms with Crippen LogP contribution in [0.15, 0.2) is 16.9 Å². The van der Waals surface area contributed by atoms with Gasteiger partial charge >= 0.3 is 0 Å². The van der Waals surface area contributed by atoms with Gasteiger partial charge in [-0.1, -0.05) is 20.3 Å². The lowest BCUT2D eigenvalue weighted by atomic mass is 10.00. The Balaban J connectivity index is 2.15. The quantitative estimate of drug-likeness (QED) is 0.845. The van der Waals surface area contributed by atoms with E-state index in [1.807, 2.05) is 4.90 Å². The van der Waals surface area contributed by atoms with E-state index in [0.29, 0.717) is 18.2 Å². The molecule has 110 valence electrons. The highest BCUT2D eigenvalue weighted by Gasteiger charge is 2.23. The molecule has 5 nitrogen and oxygen atoms in total. The Kier molecular flexibility index (Phi) is 4.93. The van der Waals surface area contributed by atoms with Gasteiger partial charge in [0, 0.05) is 25.7 Å². The largest absolute Gasteiger partial charge is 0.337 e. The SMILES string of the molecule is CCCCn1nc(C(=O)N2CCCC(C)C2)ccc1=O. The second kappa shape index (κ2) is 6.68. The lowest BCUT2D eigenvalue weighted by Crippen LogP contribution is -2.40. The summed E-state index contributed by atoms with van der Waals surface area (Å²) in [7, 11) is 0. The number of hydrogen-bond acceptors (Lipinski definition) is 3. The van der Waals surface area contributed by atoms with E-state index in [1.165, 1.54) is 17.2 Å². The molecule has 1 fully saturated rings. The number of amides is 1. The third-order valence-corrected chi connectivity index (χ3v) is 3.75. The lowest BCUT2D eigenvalue weighted by Gasteiger charge is -2.30. The highest BCUT2D eigenvalue weighted by Crippen LogP contribution is 2.16. The van der Waals surface area contributed by atoms with Crippen molar-refractivity contribution in [3.63, 3.8) is 0 Å². The molecule has 2 heterocycles. The normalized spacial score (nSPS) is 19.1. The Labute approximate surface area is 119 Å². The molecule has 0 radical (unpaired) electrons. The van der Waals surface area contributed by atoms with Crippen molar-refractivity contribution in [1.82, 2.24) is 14.7 Å². The van der Waals surface area contributed by atoms with E-state index in [2.05, 4.69) is 18.9 Å². The van der Waals surface area contributed by atoms with E-state index in [0.717, 1.165) is 32.4 Å². The summed E-state index contributed by atoms with van der Waals surface area (Å²) in [5.41, 5.74) is 0.247. The first-order chi connectivity index (χ1) is 9.61. The maximum atomic E-state index is 12.4. The van der Waals surface area contributed by atoms with Crippen LogP contribution in [0.1, 0.15) is 50.0 Å². The van der Waals surface area contributed by atoms with Crippen LogP contribution in [0.5, 0.6) is 0 Å². The molecule has 1 aliphatic heterocycles. The van der Waals surface area contributed by atoms with E-state index in [1.54, 1.807) is 6.07 Å². The predicted molar refractivity (Wildman–Crippen MR) is 77.7 cm³/mol. The molecule has 20 heavy (non-hydrogen) atoms. The molecule has 0 bridgehead atoms. The van der Waals surface area contributed by atoms with Crippen LogP contribution in [0.3, 0.4) is 0 Å². The van der Waals surface area contributed by atoms with E-state index in [-0.39, 0.29) is 11.5 Å². The molecule has 0 aliphatic carbocycles. The molecule has 1 aromatic heterocycles. The molecule has 1 aliphatic rings. The number of carbonyl (C=O) groups excluding carboxylic acids is 1.